The Labute approximate surface area is 178 Å². The lowest BCUT2D eigenvalue weighted by Gasteiger charge is -2.28. The average molecular weight is 410 g/mol. The smallest absolute Gasteiger partial charge is 0.254 e. The summed E-state index contributed by atoms with van der Waals surface area (Å²) in [6.45, 7) is 7.55. The van der Waals surface area contributed by atoms with E-state index in [1.165, 1.54) is 10.5 Å². The molecular formula is C24H31N3O3. The Morgan fingerprint density at radius 3 is 2.27 bits per heavy atom. The van der Waals surface area contributed by atoms with Gasteiger partial charge < -0.3 is 19.9 Å². The van der Waals surface area contributed by atoms with E-state index in [0.717, 1.165) is 44.1 Å². The molecule has 0 aromatic heterocycles. The van der Waals surface area contributed by atoms with Crippen molar-refractivity contribution in [2.45, 2.75) is 20.3 Å². The van der Waals surface area contributed by atoms with Crippen LogP contribution in [0, 0.1) is 5.92 Å². The zero-order chi connectivity index (χ0) is 21.5. The Hall–Kier alpha value is -2.86. The number of morpholine rings is 1. The Morgan fingerprint density at radius 1 is 1.03 bits per heavy atom. The number of ether oxygens (including phenoxy) is 1. The molecule has 6 heteroatoms. The highest BCUT2D eigenvalue weighted by Gasteiger charge is 2.16. The maximum atomic E-state index is 12.6. The molecule has 1 aliphatic heterocycles. The van der Waals surface area contributed by atoms with E-state index in [4.69, 9.17) is 4.74 Å². The summed E-state index contributed by atoms with van der Waals surface area (Å²) >= 11 is 0. The van der Waals surface area contributed by atoms with Crippen LogP contribution in [-0.4, -0.2) is 56.6 Å². The summed E-state index contributed by atoms with van der Waals surface area (Å²) in [5, 5.41) is 2.86. The van der Waals surface area contributed by atoms with Gasteiger partial charge >= 0.3 is 0 Å². The number of likely N-dealkylation sites (N-methyl/N-ethyl adjacent to an activating group) is 1. The predicted molar refractivity (Wildman–Crippen MR) is 120 cm³/mol. The fraction of sp³-hybridized carbons (Fsp3) is 0.417. The van der Waals surface area contributed by atoms with E-state index in [0.29, 0.717) is 11.5 Å². The largest absolute Gasteiger partial charge is 0.378 e. The van der Waals surface area contributed by atoms with Gasteiger partial charge in [-0.25, -0.2) is 0 Å². The molecule has 0 radical (unpaired) electrons. The highest BCUT2D eigenvalue weighted by atomic mass is 16.5. The number of rotatable bonds is 7. The molecule has 0 saturated carbocycles. The van der Waals surface area contributed by atoms with Gasteiger partial charge in [0.25, 0.3) is 5.91 Å². The Kier molecular flexibility index (Phi) is 7.46. The van der Waals surface area contributed by atoms with E-state index < -0.39 is 0 Å². The van der Waals surface area contributed by atoms with E-state index in [1.54, 1.807) is 7.05 Å². The topological polar surface area (TPSA) is 61.9 Å². The fourth-order valence-corrected chi connectivity index (χ4v) is 3.54. The van der Waals surface area contributed by atoms with Crippen LogP contribution in [0.1, 0.15) is 29.8 Å². The molecule has 1 heterocycles. The molecular weight excluding hydrogens is 378 g/mol. The molecule has 1 N–H and O–H groups in total. The van der Waals surface area contributed by atoms with Gasteiger partial charge in [0.05, 0.1) is 19.8 Å². The summed E-state index contributed by atoms with van der Waals surface area (Å²) in [4.78, 5) is 28.7. The maximum Gasteiger partial charge on any atom is 0.254 e. The Morgan fingerprint density at radius 2 is 1.67 bits per heavy atom. The number of anilines is 2. The minimum absolute atomic E-state index is 0.00219. The van der Waals surface area contributed by atoms with Crippen LogP contribution in [0.25, 0.3) is 0 Å². The van der Waals surface area contributed by atoms with Crippen molar-refractivity contribution >= 4 is 23.2 Å². The summed E-state index contributed by atoms with van der Waals surface area (Å²) in [6, 6.07) is 15.4. The third-order valence-electron chi connectivity index (χ3n) is 5.10. The zero-order valence-corrected chi connectivity index (χ0v) is 18.1. The highest BCUT2D eigenvalue weighted by Crippen LogP contribution is 2.19. The standard InChI is InChI=1S/C24H31N3O3/c1-18(2)16-19-4-6-20(7-5-19)24(29)26(3)17-23(28)25-21-8-10-22(11-9-21)27-12-14-30-15-13-27/h4-11,18H,12-17H2,1-3H3,(H,25,28). The molecule has 2 aromatic rings. The monoisotopic (exact) mass is 409 g/mol. The number of hydrogen-bond acceptors (Lipinski definition) is 4. The van der Waals surface area contributed by atoms with Crippen LogP contribution in [0.5, 0.6) is 0 Å². The van der Waals surface area contributed by atoms with Crippen molar-refractivity contribution < 1.29 is 14.3 Å². The van der Waals surface area contributed by atoms with Crippen LogP contribution in [0.3, 0.4) is 0 Å². The van der Waals surface area contributed by atoms with Gasteiger partial charge in [0.2, 0.25) is 5.91 Å². The lowest BCUT2D eigenvalue weighted by molar-refractivity contribution is -0.116. The van der Waals surface area contributed by atoms with Crippen molar-refractivity contribution in [1.82, 2.24) is 4.90 Å². The third kappa shape index (κ3) is 6.07. The van der Waals surface area contributed by atoms with Crippen molar-refractivity contribution in [2.75, 3.05) is 50.1 Å². The number of amides is 2. The van der Waals surface area contributed by atoms with Crippen molar-refractivity contribution in [3.63, 3.8) is 0 Å². The fourth-order valence-electron chi connectivity index (χ4n) is 3.54. The minimum atomic E-state index is -0.221. The van der Waals surface area contributed by atoms with Gasteiger partial charge in [-0.1, -0.05) is 26.0 Å². The average Bonchev–Trinajstić information content (AvgIpc) is 2.74. The van der Waals surface area contributed by atoms with Gasteiger partial charge in [-0.2, -0.15) is 0 Å². The first-order chi connectivity index (χ1) is 14.4. The number of nitrogens with zero attached hydrogens (tertiary/aromatic N) is 2. The summed E-state index contributed by atoms with van der Waals surface area (Å²) in [5.74, 6) is 0.186. The second-order valence-corrected chi connectivity index (χ2v) is 8.15. The van der Waals surface area contributed by atoms with Crippen molar-refractivity contribution in [3.8, 4) is 0 Å². The minimum Gasteiger partial charge on any atom is -0.378 e. The SMILES string of the molecule is CC(C)Cc1ccc(C(=O)N(C)CC(=O)Nc2ccc(N3CCOCC3)cc2)cc1. The summed E-state index contributed by atoms with van der Waals surface area (Å²) in [6.07, 6.45) is 0.983. The molecule has 1 aliphatic rings. The molecule has 0 bridgehead atoms. The second kappa shape index (κ2) is 10.3. The lowest BCUT2D eigenvalue weighted by atomic mass is 10.0. The van der Waals surface area contributed by atoms with E-state index in [9.17, 15) is 9.59 Å². The normalized spacial score (nSPS) is 13.9. The first-order valence-electron chi connectivity index (χ1n) is 10.5. The highest BCUT2D eigenvalue weighted by molar-refractivity contribution is 5.99. The molecule has 160 valence electrons. The molecule has 30 heavy (non-hydrogen) atoms. The molecule has 2 amide bonds. The molecule has 3 rings (SSSR count). The Balaban J connectivity index is 1.51. The molecule has 6 nitrogen and oxygen atoms in total. The lowest BCUT2D eigenvalue weighted by Crippen LogP contribution is -2.36. The quantitative estimate of drug-likeness (QED) is 0.761. The molecule has 0 atom stereocenters. The molecule has 1 saturated heterocycles. The number of carbonyl (C=O) groups excluding carboxylic acids is 2. The zero-order valence-electron chi connectivity index (χ0n) is 18.1. The number of nitrogens with one attached hydrogen (secondary N) is 1. The predicted octanol–water partition coefficient (Wildman–Crippen LogP) is 3.43. The van der Waals surface area contributed by atoms with Gasteiger partial charge in [0, 0.05) is 37.1 Å². The van der Waals surface area contributed by atoms with Gasteiger partial charge in [-0.3, -0.25) is 9.59 Å². The van der Waals surface area contributed by atoms with Crippen LogP contribution in [0.2, 0.25) is 0 Å². The van der Waals surface area contributed by atoms with Crippen LogP contribution >= 0.6 is 0 Å². The summed E-state index contributed by atoms with van der Waals surface area (Å²) in [7, 11) is 1.64. The van der Waals surface area contributed by atoms with Gasteiger partial charge in [-0.05, 0) is 54.3 Å². The maximum absolute atomic E-state index is 12.6. The van der Waals surface area contributed by atoms with E-state index >= 15 is 0 Å². The number of benzene rings is 2. The van der Waals surface area contributed by atoms with Crippen LogP contribution in [0.15, 0.2) is 48.5 Å². The van der Waals surface area contributed by atoms with E-state index in [1.807, 2.05) is 48.5 Å². The van der Waals surface area contributed by atoms with Crippen molar-refractivity contribution in [2.24, 2.45) is 5.92 Å². The van der Waals surface area contributed by atoms with Crippen LogP contribution < -0.4 is 10.2 Å². The first-order valence-corrected chi connectivity index (χ1v) is 10.5. The molecule has 0 aliphatic carbocycles. The Bertz CT molecular complexity index is 841. The number of carbonyl (C=O) groups is 2. The number of hydrogen-bond donors (Lipinski definition) is 1. The van der Waals surface area contributed by atoms with E-state index in [2.05, 4.69) is 24.1 Å². The van der Waals surface area contributed by atoms with Crippen molar-refractivity contribution in [1.29, 1.82) is 0 Å². The molecule has 0 spiro atoms. The van der Waals surface area contributed by atoms with Crippen LogP contribution in [0.4, 0.5) is 11.4 Å². The first kappa shape index (κ1) is 21.8. The molecule has 2 aromatic carbocycles. The van der Waals surface area contributed by atoms with Gasteiger partial charge in [-0.15, -0.1) is 0 Å². The second-order valence-electron chi connectivity index (χ2n) is 8.15. The van der Waals surface area contributed by atoms with E-state index in [-0.39, 0.29) is 18.4 Å². The molecule has 1 fully saturated rings. The summed E-state index contributed by atoms with van der Waals surface area (Å²) < 4.78 is 5.38. The molecule has 0 unspecified atom stereocenters. The van der Waals surface area contributed by atoms with Crippen molar-refractivity contribution in [3.05, 3.63) is 59.7 Å². The van der Waals surface area contributed by atoms with Gasteiger partial charge in [0.15, 0.2) is 0 Å². The van der Waals surface area contributed by atoms with Gasteiger partial charge in [0.1, 0.15) is 0 Å². The third-order valence-corrected chi connectivity index (χ3v) is 5.10. The summed E-state index contributed by atoms with van der Waals surface area (Å²) in [5.41, 5.74) is 3.63. The van der Waals surface area contributed by atoms with Crippen LogP contribution in [-0.2, 0) is 16.0 Å².